The Bertz CT molecular complexity index is 452. The average molecular weight is 206 g/mol. The van der Waals surface area contributed by atoms with Crippen LogP contribution in [0.2, 0.25) is 0 Å². The van der Waals surface area contributed by atoms with Crippen LogP contribution in [-0.4, -0.2) is 14.7 Å². The van der Waals surface area contributed by atoms with E-state index in [1.54, 1.807) is 36.0 Å². The van der Waals surface area contributed by atoms with Crippen LogP contribution in [0.15, 0.2) is 36.9 Å². The van der Waals surface area contributed by atoms with E-state index in [2.05, 4.69) is 4.98 Å². The molecule has 0 fully saturated rings. The molecule has 0 amide bonds. The first kappa shape index (κ1) is 9.86. The van der Waals surface area contributed by atoms with Gasteiger partial charge < -0.3 is 9.67 Å². The van der Waals surface area contributed by atoms with Crippen molar-refractivity contribution in [1.82, 2.24) is 9.55 Å². The lowest BCUT2D eigenvalue weighted by Crippen LogP contribution is -2.03. The molecule has 0 saturated heterocycles. The Morgan fingerprint density at radius 1 is 1.47 bits per heavy atom. The summed E-state index contributed by atoms with van der Waals surface area (Å²) in [6.07, 6.45) is 4.01. The zero-order valence-electron chi connectivity index (χ0n) is 8.26. The van der Waals surface area contributed by atoms with Crippen LogP contribution in [0.25, 0.3) is 5.69 Å². The highest BCUT2D eigenvalue weighted by molar-refractivity contribution is 5.43. The van der Waals surface area contributed by atoms with E-state index in [4.69, 9.17) is 0 Å². The fourth-order valence-electron chi connectivity index (χ4n) is 1.53. The van der Waals surface area contributed by atoms with Crippen molar-refractivity contribution in [2.24, 2.45) is 0 Å². The van der Waals surface area contributed by atoms with Gasteiger partial charge in [0.15, 0.2) is 0 Å². The molecule has 2 aromatic rings. The third-order valence-corrected chi connectivity index (χ3v) is 2.23. The minimum Gasteiger partial charge on any atom is -0.389 e. The number of hydrogen-bond acceptors (Lipinski definition) is 2. The van der Waals surface area contributed by atoms with Crippen molar-refractivity contribution in [3.63, 3.8) is 0 Å². The highest BCUT2D eigenvalue weighted by atomic mass is 19.1. The first-order valence-electron chi connectivity index (χ1n) is 4.65. The summed E-state index contributed by atoms with van der Waals surface area (Å²) in [5.74, 6) is -0.369. The Morgan fingerprint density at radius 2 is 2.27 bits per heavy atom. The van der Waals surface area contributed by atoms with Crippen LogP contribution in [-0.2, 0) is 0 Å². The lowest BCUT2D eigenvalue weighted by Gasteiger charge is -2.13. The third-order valence-electron chi connectivity index (χ3n) is 2.23. The van der Waals surface area contributed by atoms with Gasteiger partial charge in [0.25, 0.3) is 0 Å². The molecule has 78 valence electrons. The fraction of sp³-hybridized carbons (Fsp3) is 0.182. The van der Waals surface area contributed by atoms with Gasteiger partial charge in [-0.15, -0.1) is 0 Å². The number of aliphatic hydroxyl groups is 1. The molecule has 1 heterocycles. The van der Waals surface area contributed by atoms with Crippen molar-refractivity contribution in [2.75, 3.05) is 0 Å². The number of hydrogen-bond donors (Lipinski definition) is 1. The second-order valence-electron chi connectivity index (χ2n) is 3.32. The lowest BCUT2D eigenvalue weighted by molar-refractivity contribution is 0.198. The van der Waals surface area contributed by atoms with Crippen LogP contribution in [0.1, 0.15) is 18.6 Å². The van der Waals surface area contributed by atoms with Crippen molar-refractivity contribution < 1.29 is 9.50 Å². The molecule has 1 atom stereocenters. The number of benzene rings is 1. The van der Waals surface area contributed by atoms with Gasteiger partial charge in [-0.1, -0.05) is 12.1 Å². The van der Waals surface area contributed by atoms with Crippen molar-refractivity contribution in [2.45, 2.75) is 13.0 Å². The van der Waals surface area contributed by atoms with E-state index >= 15 is 0 Å². The summed E-state index contributed by atoms with van der Waals surface area (Å²) in [6.45, 7) is 1.61. The highest BCUT2D eigenvalue weighted by Gasteiger charge is 2.13. The molecule has 0 saturated carbocycles. The monoisotopic (exact) mass is 206 g/mol. The Balaban J connectivity index is 2.63. The molecule has 4 heteroatoms. The Kier molecular flexibility index (Phi) is 2.51. The maximum absolute atomic E-state index is 13.6. The van der Waals surface area contributed by atoms with Crippen LogP contribution in [0.4, 0.5) is 4.39 Å². The number of nitrogens with zero attached hydrogens (tertiary/aromatic N) is 2. The molecule has 0 unspecified atom stereocenters. The Labute approximate surface area is 86.8 Å². The first-order chi connectivity index (χ1) is 7.20. The van der Waals surface area contributed by atoms with Gasteiger partial charge in [-0.25, -0.2) is 9.37 Å². The first-order valence-corrected chi connectivity index (χ1v) is 4.65. The van der Waals surface area contributed by atoms with Crippen molar-refractivity contribution in [3.8, 4) is 5.69 Å². The minimum atomic E-state index is -0.710. The summed E-state index contributed by atoms with van der Waals surface area (Å²) in [5.41, 5.74) is 0.901. The predicted octanol–water partition coefficient (Wildman–Crippen LogP) is 2.06. The van der Waals surface area contributed by atoms with Crippen LogP contribution in [0.5, 0.6) is 0 Å². The maximum Gasteiger partial charge on any atom is 0.147 e. The summed E-state index contributed by atoms with van der Waals surface area (Å²) in [5, 5.41) is 9.53. The maximum atomic E-state index is 13.6. The van der Waals surface area contributed by atoms with Gasteiger partial charge >= 0.3 is 0 Å². The molecule has 1 N–H and O–H groups in total. The fourth-order valence-corrected chi connectivity index (χ4v) is 1.53. The second-order valence-corrected chi connectivity index (χ2v) is 3.32. The molecule has 0 aliphatic heterocycles. The normalized spacial score (nSPS) is 12.7. The molecule has 2 rings (SSSR count). The molecule has 0 aliphatic rings. The lowest BCUT2D eigenvalue weighted by atomic mass is 10.1. The van der Waals surface area contributed by atoms with E-state index < -0.39 is 6.10 Å². The zero-order valence-corrected chi connectivity index (χ0v) is 8.26. The summed E-state index contributed by atoms with van der Waals surface area (Å²) in [6, 6.07) is 4.64. The number of halogens is 1. The Hall–Kier alpha value is -1.68. The molecule has 15 heavy (non-hydrogen) atoms. The van der Waals surface area contributed by atoms with Crippen molar-refractivity contribution in [3.05, 3.63) is 48.3 Å². The van der Waals surface area contributed by atoms with Gasteiger partial charge in [0, 0.05) is 18.0 Å². The topological polar surface area (TPSA) is 38.0 Å². The predicted molar refractivity (Wildman–Crippen MR) is 54.2 cm³/mol. The van der Waals surface area contributed by atoms with Gasteiger partial charge in [0.05, 0.1) is 18.1 Å². The molecule has 0 spiro atoms. The van der Waals surface area contributed by atoms with Crippen LogP contribution < -0.4 is 0 Å². The van der Waals surface area contributed by atoms with Crippen molar-refractivity contribution >= 4 is 0 Å². The van der Waals surface area contributed by atoms with E-state index in [1.165, 1.54) is 12.4 Å². The quantitative estimate of drug-likeness (QED) is 0.816. The highest BCUT2D eigenvalue weighted by Crippen LogP contribution is 2.23. The number of rotatable bonds is 2. The van der Waals surface area contributed by atoms with Crippen LogP contribution in [0.3, 0.4) is 0 Å². The molecule has 0 bridgehead atoms. The molecule has 3 nitrogen and oxygen atoms in total. The summed E-state index contributed by atoms with van der Waals surface area (Å²) >= 11 is 0. The summed E-state index contributed by atoms with van der Waals surface area (Å²) in [7, 11) is 0. The Morgan fingerprint density at radius 3 is 2.87 bits per heavy atom. The van der Waals surface area contributed by atoms with Crippen LogP contribution in [0, 0.1) is 5.82 Å². The van der Waals surface area contributed by atoms with Gasteiger partial charge in [-0.3, -0.25) is 0 Å². The molecule has 1 aromatic carbocycles. The van der Waals surface area contributed by atoms with Gasteiger partial charge in [0.1, 0.15) is 5.82 Å². The van der Waals surface area contributed by atoms with Crippen molar-refractivity contribution in [1.29, 1.82) is 0 Å². The average Bonchev–Trinajstić information content (AvgIpc) is 2.70. The van der Waals surface area contributed by atoms with Gasteiger partial charge in [0.2, 0.25) is 0 Å². The zero-order chi connectivity index (χ0) is 10.8. The summed E-state index contributed by atoms with van der Waals surface area (Å²) < 4.78 is 15.2. The number of aliphatic hydroxyl groups excluding tert-OH is 1. The molecule has 0 aliphatic carbocycles. The number of para-hydroxylation sites is 1. The molecular weight excluding hydrogens is 195 g/mol. The minimum absolute atomic E-state index is 0.352. The molecular formula is C11H11FN2O. The third kappa shape index (κ3) is 1.76. The second kappa shape index (κ2) is 3.82. The SMILES string of the molecule is C[C@H](O)c1cccc(F)c1-n1ccnc1. The standard InChI is InChI=1S/C11H11FN2O/c1-8(15)9-3-2-4-10(12)11(9)14-6-5-13-7-14/h2-8,15H,1H3/t8-/m0/s1. The van der Waals surface area contributed by atoms with E-state index in [1.807, 2.05) is 0 Å². The van der Waals surface area contributed by atoms with E-state index in [9.17, 15) is 9.50 Å². The summed E-state index contributed by atoms with van der Waals surface area (Å²) in [4.78, 5) is 3.85. The smallest absolute Gasteiger partial charge is 0.147 e. The van der Waals surface area contributed by atoms with Gasteiger partial charge in [-0.2, -0.15) is 0 Å². The van der Waals surface area contributed by atoms with E-state index in [0.29, 0.717) is 11.3 Å². The van der Waals surface area contributed by atoms with Gasteiger partial charge in [-0.05, 0) is 13.0 Å². The number of aromatic nitrogens is 2. The van der Waals surface area contributed by atoms with Crippen LogP contribution >= 0.6 is 0 Å². The number of imidazole rings is 1. The molecule has 1 aromatic heterocycles. The molecule has 0 radical (unpaired) electrons. The largest absolute Gasteiger partial charge is 0.389 e. The van der Waals surface area contributed by atoms with E-state index in [0.717, 1.165) is 0 Å². The van der Waals surface area contributed by atoms with E-state index in [-0.39, 0.29) is 5.82 Å².